The summed E-state index contributed by atoms with van der Waals surface area (Å²) in [5.74, 6) is -2.24. The van der Waals surface area contributed by atoms with E-state index in [1.807, 2.05) is 6.92 Å². The largest absolute Gasteiger partial charge is 0.490 e. The molecule has 2 rings (SSSR count). The van der Waals surface area contributed by atoms with Gasteiger partial charge in [0.2, 0.25) is 5.91 Å². The monoisotopic (exact) mass is 396 g/mol. The number of amides is 2. The highest BCUT2D eigenvalue weighted by molar-refractivity contribution is 6.32. The molecule has 2 N–H and O–H groups in total. The quantitative estimate of drug-likeness (QED) is 0.658. The van der Waals surface area contributed by atoms with Crippen molar-refractivity contribution >= 4 is 29.1 Å². The second-order valence-electron chi connectivity index (χ2n) is 5.58. The molecule has 144 valence electrons. The predicted molar refractivity (Wildman–Crippen MR) is 99.2 cm³/mol. The number of ether oxygens (including phenoxy) is 1. The minimum absolute atomic E-state index is 0.129. The zero-order valence-electron chi connectivity index (χ0n) is 14.7. The lowest BCUT2D eigenvalue weighted by Gasteiger charge is -2.13. The fourth-order valence-electron chi connectivity index (χ4n) is 2.33. The number of halogens is 3. The van der Waals surface area contributed by atoms with Gasteiger partial charge in [-0.05, 0) is 37.6 Å². The van der Waals surface area contributed by atoms with E-state index in [2.05, 4.69) is 10.6 Å². The molecule has 0 spiro atoms. The summed E-state index contributed by atoms with van der Waals surface area (Å²) in [6, 6.07) is 7.74. The maximum absolute atomic E-state index is 13.5. The average molecular weight is 397 g/mol. The molecule has 2 aromatic carbocycles. The molecule has 0 atom stereocenters. The SMILES string of the molecule is CCOc1c(Cl)cccc1NC(=O)CCCNC(=O)c1ccc(F)cc1F. The molecule has 5 nitrogen and oxygen atoms in total. The lowest BCUT2D eigenvalue weighted by Crippen LogP contribution is -2.26. The van der Waals surface area contributed by atoms with Gasteiger partial charge in [-0.25, -0.2) is 8.78 Å². The lowest BCUT2D eigenvalue weighted by molar-refractivity contribution is -0.116. The minimum Gasteiger partial charge on any atom is -0.490 e. The molecule has 2 amide bonds. The van der Waals surface area contributed by atoms with Gasteiger partial charge in [0.1, 0.15) is 11.6 Å². The van der Waals surface area contributed by atoms with Gasteiger partial charge in [0.05, 0.1) is 22.9 Å². The summed E-state index contributed by atoms with van der Waals surface area (Å²) >= 11 is 6.06. The van der Waals surface area contributed by atoms with Gasteiger partial charge in [0.25, 0.3) is 5.91 Å². The molecule has 8 heteroatoms. The Morgan fingerprint density at radius 2 is 1.96 bits per heavy atom. The third kappa shape index (κ3) is 5.92. The predicted octanol–water partition coefficient (Wildman–Crippen LogP) is 4.17. The second kappa shape index (κ2) is 9.87. The smallest absolute Gasteiger partial charge is 0.254 e. The number of hydrogen-bond acceptors (Lipinski definition) is 3. The van der Waals surface area contributed by atoms with Crippen molar-refractivity contribution < 1.29 is 23.1 Å². The summed E-state index contributed by atoms with van der Waals surface area (Å²) in [5.41, 5.74) is 0.216. The van der Waals surface area contributed by atoms with Crippen LogP contribution in [0.5, 0.6) is 5.75 Å². The van der Waals surface area contributed by atoms with Crippen LogP contribution in [-0.4, -0.2) is 25.0 Å². The van der Waals surface area contributed by atoms with Gasteiger partial charge in [0, 0.05) is 19.0 Å². The number of nitrogens with one attached hydrogen (secondary N) is 2. The Morgan fingerprint density at radius 1 is 1.19 bits per heavy atom. The van der Waals surface area contributed by atoms with Crippen molar-refractivity contribution in [2.24, 2.45) is 0 Å². The Bertz CT molecular complexity index is 831. The lowest BCUT2D eigenvalue weighted by atomic mass is 10.2. The molecule has 0 unspecified atom stereocenters. The molecule has 0 heterocycles. The van der Waals surface area contributed by atoms with E-state index in [1.54, 1.807) is 18.2 Å². The van der Waals surface area contributed by atoms with Crippen LogP contribution in [0.25, 0.3) is 0 Å². The molecule has 0 aliphatic carbocycles. The normalized spacial score (nSPS) is 10.4. The molecular weight excluding hydrogens is 378 g/mol. The van der Waals surface area contributed by atoms with Crippen LogP contribution >= 0.6 is 11.6 Å². The topological polar surface area (TPSA) is 67.4 Å². The first kappa shape index (κ1) is 20.6. The van der Waals surface area contributed by atoms with Crippen LogP contribution in [0.4, 0.5) is 14.5 Å². The van der Waals surface area contributed by atoms with E-state index in [4.69, 9.17) is 16.3 Å². The number of benzene rings is 2. The molecule has 0 saturated carbocycles. The van der Waals surface area contributed by atoms with Crippen molar-refractivity contribution in [1.29, 1.82) is 0 Å². The number of hydrogen-bond donors (Lipinski definition) is 2. The Kier molecular flexibility index (Phi) is 7.55. The van der Waals surface area contributed by atoms with Crippen molar-refractivity contribution in [3.63, 3.8) is 0 Å². The number of para-hydroxylation sites is 1. The van der Waals surface area contributed by atoms with Gasteiger partial charge >= 0.3 is 0 Å². The summed E-state index contributed by atoms with van der Waals surface area (Å²) in [5, 5.41) is 5.59. The average Bonchev–Trinajstić information content (AvgIpc) is 2.61. The first-order valence-corrected chi connectivity index (χ1v) is 8.74. The van der Waals surface area contributed by atoms with Gasteiger partial charge in [-0.1, -0.05) is 17.7 Å². The van der Waals surface area contributed by atoms with Crippen molar-refractivity contribution in [2.45, 2.75) is 19.8 Å². The van der Waals surface area contributed by atoms with E-state index in [0.29, 0.717) is 35.6 Å². The molecule has 2 aromatic rings. The standard InChI is InChI=1S/C19H19ClF2N2O3/c1-2-27-18-14(20)5-3-6-16(18)24-17(25)7-4-10-23-19(26)13-9-8-12(21)11-15(13)22/h3,5-6,8-9,11H,2,4,7,10H2,1H3,(H,23,26)(H,24,25). The van der Waals surface area contributed by atoms with Crippen molar-refractivity contribution in [3.8, 4) is 5.75 Å². The molecule has 0 aliphatic rings. The maximum Gasteiger partial charge on any atom is 0.254 e. The van der Waals surface area contributed by atoms with Crippen molar-refractivity contribution in [1.82, 2.24) is 5.32 Å². The number of rotatable bonds is 8. The summed E-state index contributed by atoms with van der Waals surface area (Å²) in [6.07, 6.45) is 0.467. The van der Waals surface area contributed by atoms with E-state index in [1.165, 1.54) is 0 Å². The van der Waals surface area contributed by atoms with Crippen LogP contribution in [0.2, 0.25) is 5.02 Å². The van der Waals surface area contributed by atoms with Crippen molar-refractivity contribution in [2.75, 3.05) is 18.5 Å². The Balaban J connectivity index is 1.81. The first-order valence-electron chi connectivity index (χ1n) is 8.36. The summed E-state index contributed by atoms with van der Waals surface area (Å²) < 4.78 is 31.8. The second-order valence-corrected chi connectivity index (χ2v) is 5.99. The van der Waals surface area contributed by atoms with E-state index >= 15 is 0 Å². The fourth-order valence-corrected chi connectivity index (χ4v) is 2.56. The van der Waals surface area contributed by atoms with Gasteiger partial charge in [-0.3, -0.25) is 9.59 Å². The zero-order chi connectivity index (χ0) is 19.8. The van der Waals surface area contributed by atoms with E-state index in [-0.39, 0.29) is 24.4 Å². The third-order valence-electron chi connectivity index (χ3n) is 3.57. The van der Waals surface area contributed by atoms with Crippen LogP contribution in [-0.2, 0) is 4.79 Å². The third-order valence-corrected chi connectivity index (χ3v) is 3.87. The molecule has 0 saturated heterocycles. The highest BCUT2D eigenvalue weighted by Crippen LogP contribution is 2.32. The number of carbonyl (C=O) groups is 2. The van der Waals surface area contributed by atoms with Gasteiger partial charge in [-0.15, -0.1) is 0 Å². The van der Waals surface area contributed by atoms with Crippen LogP contribution < -0.4 is 15.4 Å². The maximum atomic E-state index is 13.5. The minimum atomic E-state index is -0.936. The van der Waals surface area contributed by atoms with Crippen molar-refractivity contribution in [3.05, 3.63) is 58.6 Å². The molecule has 27 heavy (non-hydrogen) atoms. The van der Waals surface area contributed by atoms with Crippen LogP contribution in [0.15, 0.2) is 36.4 Å². The first-order chi connectivity index (χ1) is 12.9. The fraction of sp³-hybridized carbons (Fsp3) is 0.263. The molecule has 0 fully saturated rings. The molecule has 0 aliphatic heterocycles. The van der Waals surface area contributed by atoms with Gasteiger partial charge in [-0.2, -0.15) is 0 Å². The highest BCUT2D eigenvalue weighted by atomic mass is 35.5. The molecule has 0 radical (unpaired) electrons. The summed E-state index contributed by atoms with van der Waals surface area (Å²) in [4.78, 5) is 23.9. The van der Waals surface area contributed by atoms with Crippen LogP contribution in [0.3, 0.4) is 0 Å². The van der Waals surface area contributed by atoms with Gasteiger partial charge < -0.3 is 15.4 Å². The van der Waals surface area contributed by atoms with Crippen LogP contribution in [0.1, 0.15) is 30.1 Å². The number of carbonyl (C=O) groups excluding carboxylic acids is 2. The van der Waals surface area contributed by atoms with E-state index in [9.17, 15) is 18.4 Å². The van der Waals surface area contributed by atoms with E-state index in [0.717, 1.165) is 12.1 Å². The molecule has 0 bridgehead atoms. The zero-order valence-corrected chi connectivity index (χ0v) is 15.4. The summed E-state index contributed by atoms with van der Waals surface area (Å²) in [6.45, 7) is 2.37. The highest BCUT2D eigenvalue weighted by Gasteiger charge is 2.13. The van der Waals surface area contributed by atoms with Gasteiger partial charge in [0.15, 0.2) is 5.75 Å². The Labute approximate surface area is 160 Å². The Hall–Kier alpha value is -2.67. The van der Waals surface area contributed by atoms with Crippen LogP contribution in [0, 0.1) is 11.6 Å². The molecule has 0 aromatic heterocycles. The molecular formula is C19H19ClF2N2O3. The summed E-state index contributed by atoms with van der Waals surface area (Å²) in [7, 11) is 0. The van der Waals surface area contributed by atoms with E-state index < -0.39 is 17.5 Å². The Morgan fingerprint density at radius 3 is 2.67 bits per heavy atom. The number of anilines is 1.